The molecule has 0 saturated carbocycles. The second-order valence-electron chi connectivity index (χ2n) is 3.03. The zero-order valence-electron chi connectivity index (χ0n) is 8.88. The molecule has 0 fully saturated rings. The van der Waals surface area contributed by atoms with E-state index in [-0.39, 0.29) is 0 Å². The van der Waals surface area contributed by atoms with Crippen molar-refractivity contribution in [2.75, 3.05) is 0 Å². The highest BCUT2D eigenvalue weighted by Gasteiger charge is 2.17. The van der Waals surface area contributed by atoms with Crippen LogP contribution >= 0.6 is 0 Å². The third-order valence-electron chi connectivity index (χ3n) is 1.59. The number of nitrogens with zero attached hydrogens (tertiary/aromatic N) is 2. The zero-order valence-corrected chi connectivity index (χ0v) is 8.88. The number of aryl methyl sites for hydroxylation is 1. The Balaban J connectivity index is 0.000000423. The number of carbonyl (C=O) groups is 2. The fraction of sp³-hybridized carbons (Fsp3) is 0.444. The van der Waals surface area contributed by atoms with Crippen molar-refractivity contribution in [1.82, 2.24) is 4.57 Å². The van der Waals surface area contributed by atoms with Gasteiger partial charge in [-0.1, -0.05) is 0 Å². The number of aliphatic carboxylic acids is 2. The lowest BCUT2D eigenvalue weighted by molar-refractivity contribution is -0.671. The van der Waals surface area contributed by atoms with Crippen molar-refractivity contribution in [1.29, 1.82) is 0 Å². The van der Waals surface area contributed by atoms with E-state index in [1.54, 1.807) is 34.8 Å². The van der Waals surface area contributed by atoms with Gasteiger partial charge in [0, 0.05) is 5.97 Å². The number of aromatic nitrogens is 2. The standard InChI is InChI=1S/C7H10N2O2.C2H4O2/c1-6(7(10)11)9-4-3-8(2)5-9;1-2(3)4/h3-6H,1-2H3;1H3,(H,3,4). The van der Waals surface area contributed by atoms with E-state index in [2.05, 4.69) is 0 Å². The van der Waals surface area contributed by atoms with Crippen molar-refractivity contribution < 1.29 is 24.4 Å². The number of rotatable bonds is 2. The van der Waals surface area contributed by atoms with Crippen LogP contribution in [-0.4, -0.2) is 21.6 Å². The van der Waals surface area contributed by atoms with Crippen molar-refractivity contribution in [2.24, 2.45) is 7.05 Å². The first-order valence-corrected chi connectivity index (χ1v) is 4.27. The van der Waals surface area contributed by atoms with E-state index in [1.807, 2.05) is 7.05 Å². The highest BCUT2D eigenvalue weighted by Crippen LogP contribution is 2.01. The molecule has 15 heavy (non-hydrogen) atoms. The Bertz CT molecular complexity index is 342. The van der Waals surface area contributed by atoms with Gasteiger partial charge in [0.05, 0.1) is 7.05 Å². The lowest BCUT2D eigenvalue weighted by atomic mass is 10.3. The van der Waals surface area contributed by atoms with Gasteiger partial charge in [0.15, 0.2) is 6.04 Å². The SMILES string of the molecule is CC(=O)[O-].CC(C(=O)O)n1cc[n+](C)c1. The average Bonchev–Trinajstić information content (AvgIpc) is 2.49. The number of hydrogen-bond acceptors (Lipinski definition) is 3. The van der Waals surface area contributed by atoms with Gasteiger partial charge in [0.25, 0.3) is 0 Å². The van der Waals surface area contributed by atoms with Crippen LogP contribution in [0.15, 0.2) is 18.7 Å². The Morgan fingerprint density at radius 1 is 1.53 bits per heavy atom. The molecule has 1 atom stereocenters. The van der Waals surface area contributed by atoms with Crippen molar-refractivity contribution in [2.45, 2.75) is 19.9 Å². The van der Waals surface area contributed by atoms with E-state index < -0.39 is 18.0 Å². The first kappa shape index (κ1) is 13.2. The zero-order chi connectivity index (χ0) is 12.0. The smallest absolute Gasteiger partial charge is 0.349 e. The van der Waals surface area contributed by atoms with Crippen LogP contribution in [0.4, 0.5) is 0 Å². The summed E-state index contributed by atoms with van der Waals surface area (Å²) in [6, 6.07) is -0.490. The minimum Gasteiger partial charge on any atom is -0.550 e. The Hall–Kier alpha value is -1.85. The van der Waals surface area contributed by atoms with Crippen LogP contribution in [0.2, 0.25) is 0 Å². The van der Waals surface area contributed by atoms with Gasteiger partial charge in [-0.25, -0.2) is 13.9 Å². The third-order valence-corrected chi connectivity index (χ3v) is 1.59. The van der Waals surface area contributed by atoms with Gasteiger partial charge in [-0.3, -0.25) is 0 Å². The first-order chi connectivity index (χ1) is 6.84. The van der Waals surface area contributed by atoms with Crippen LogP contribution in [0, 0.1) is 0 Å². The molecule has 1 N–H and O–H groups in total. The summed E-state index contributed by atoms with van der Waals surface area (Å²) in [6.45, 7) is 2.61. The molecule has 0 amide bonds. The lowest BCUT2D eigenvalue weighted by Gasteiger charge is -1.98. The van der Waals surface area contributed by atoms with Gasteiger partial charge in [0.1, 0.15) is 12.4 Å². The molecule has 0 spiro atoms. The van der Waals surface area contributed by atoms with Gasteiger partial charge >= 0.3 is 5.97 Å². The van der Waals surface area contributed by atoms with Crippen molar-refractivity contribution in [3.8, 4) is 0 Å². The van der Waals surface area contributed by atoms with Gasteiger partial charge < -0.3 is 15.0 Å². The molecular weight excluding hydrogens is 200 g/mol. The molecule has 1 aromatic rings. The molecular formula is C9H14N2O4. The van der Waals surface area contributed by atoms with E-state index in [0.29, 0.717) is 0 Å². The van der Waals surface area contributed by atoms with Gasteiger partial charge in [-0.05, 0) is 13.8 Å². The molecule has 1 unspecified atom stereocenters. The van der Waals surface area contributed by atoms with E-state index >= 15 is 0 Å². The third kappa shape index (κ3) is 5.45. The minimum atomic E-state index is -1.08. The monoisotopic (exact) mass is 214 g/mol. The molecule has 6 nitrogen and oxygen atoms in total. The average molecular weight is 214 g/mol. The largest absolute Gasteiger partial charge is 0.550 e. The highest BCUT2D eigenvalue weighted by molar-refractivity contribution is 5.71. The summed E-state index contributed by atoms with van der Waals surface area (Å²) in [4.78, 5) is 19.4. The maximum Gasteiger partial charge on any atom is 0.349 e. The van der Waals surface area contributed by atoms with Crippen LogP contribution < -0.4 is 9.67 Å². The van der Waals surface area contributed by atoms with Gasteiger partial charge in [-0.15, -0.1) is 0 Å². The number of imidazole rings is 1. The second kappa shape index (κ2) is 5.79. The molecule has 0 saturated heterocycles. The molecule has 0 aromatic carbocycles. The lowest BCUT2D eigenvalue weighted by Crippen LogP contribution is -2.25. The van der Waals surface area contributed by atoms with Crippen LogP contribution in [0.5, 0.6) is 0 Å². The van der Waals surface area contributed by atoms with Gasteiger partial charge in [0.2, 0.25) is 6.33 Å². The Kier molecular flexibility index (Phi) is 5.08. The summed E-state index contributed by atoms with van der Waals surface area (Å²) >= 11 is 0. The van der Waals surface area contributed by atoms with Crippen molar-refractivity contribution in [3.63, 3.8) is 0 Å². The number of carbonyl (C=O) groups excluding carboxylic acids is 1. The summed E-state index contributed by atoms with van der Waals surface area (Å²) in [5, 5.41) is 17.5. The first-order valence-electron chi connectivity index (χ1n) is 4.27. The summed E-state index contributed by atoms with van der Waals surface area (Å²) in [5.74, 6) is -1.90. The maximum absolute atomic E-state index is 10.5. The Morgan fingerprint density at radius 2 is 2.00 bits per heavy atom. The topological polar surface area (TPSA) is 86.2 Å². The molecule has 1 heterocycles. The predicted octanol–water partition coefficient (Wildman–Crippen LogP) is -1.29. The van der Waals surface area contributed by atoms with Crippen molar-refractivity contribution >= 4 is 11.9 Å². The quantitative estimate of drug-likeness (QED) is 0.621. The molecule has 0 aliphatic heterocycles. The second-order valence-corrected chi connectivity index (χ2v) is 3.03. The minimum absolute atomic E-state index is 0.490. The summed E-state index contributed by atoms with van der Waals surface area (Å²) < 4.78 is 3.45. The van der Waals surface area contributed by atoms with Crippen LogP contribution in [0.3, 0.4) is 0 Å². The van der Waals surface area contributed by atoms with Gasteiger partial charge in [-0.2, -0.15) is 0 Å². The molecule has 84 valence electrons. The summed E-state index contributed by atoms with van der Waals surface area (Å²) in [6.07, 6.45) is 5.27. The van der Waals surface area contributed by atoms with Crippen LogP contribution in [0.1, 0.15) is 19.9 Å². The van der Waals surface area contributed by atoms with E-state index in [9.17, 15) is 4.79 Å². The van der Waals surface area contributed by atoms with E-state index in [1.165, 1.54) is 0 Å². The number of hydrogen-bond donors (Lipinski definition) is 1. The Labute approximate surface area is 87.4 Å². The summed E-state index contributed by atoms with van der Waals surface area (Å²) in [7, 11) is 1.85. The molecule has 0 aliphatic carbocycles. The molecule has 1 rings (SSSR count). The maximum atomic E-state index is 10.5. The molecule has 0 radical (unpaired) electrons. The van der Waals surface area contributed by atoms with Crippen LogP contribution in [0.25, 0.3) is 0 Å². The van der Waals surface area contributed by atoms with E-state index in [0.717, 1.165) is 6.92 Å². The summed E-state index contributed by atoms with van der Waals surface area (Å²) in [5.41, 5.74) is 0. The molecule has 0 aliphatic rings. The van der Waals surface area contributed by atoms with Crippen LogP contribution in [-0.2, 0) is 16.6 Å². The predicted molar refractivity (Wildman–Crippen MR) is 48.6 cm³/mol. The van der Waals surface area contributed by atoms with E-state index in [4.69, 9.17) is 15.0 Å². The molecule has 6 heteroatoms. The number of carboxylic acid groups (broad SMARTS) is 2. The highest BCUT2D eigenvalue weighted by atomic mass is 16.4. The Morgan fingerprint density at radius 3 is 2.27 bits per heavy atom. The van der Waals surface area contributed by atoms with Crippen molar-refractivity contribution in [3.05, 3.63) is 18.7 Å². The normalized spacial score (nSPS) is 11.1. The fourth-order valence-corrected chi connectivity index (χ4v) is 0.826. The number of carboxylic acids is 2. The molecule has 0 bridgehead atoms. The fourth-order valence-electron chi connectivity index (χ4n) is 0.826. The molecule has 1 aromatic heterocycles.